The lowest BCUT2D eigenvalue weighted by atomic mass is 9.89. The number of benzene rings is 1. The van der Waals surface area contributed by atoms with E-state index >= 15 is 0 Å². The van der Waals surface area contributed by atoms with Crippen LogP contribution >= 0.6 is 12.6 Å². The molecule has 340 valence electrons. The Morgan fingerprint density at radius 3 is 2.27 bits per heavy atom. The van der Waals surface area contributed by atoms with E-state index in [1.54, 1.807) is 30.9 Å². The van der Waals surface area contributed by atoms with E-state index in [1.807, 2.05) is 58.0 Å². The maximum atomic E-state index is 14.3. The Morgan fingerprint density at radius 1 is 0.950 bits per heavy atom. The van der Waals surface area contributed by atoms with E-state index in [0.29, 0.717) is 31.8 Å². The van der Waals surface area contributed by atoms with E-state index in [4.69, 9.17) is 9.47 Å². The smallest absolute Gasteiger partial charge is 0.326 e. The number of unbranched alkanes of at least 4 members (excludes halogenated alkanes) is 3. The summed E-state index contributed by atoms with van der Waals surface area (Å²) in [5.41, 5.74) is 0.789. The van der Waals surface area contributed by atoms with Crippen LogP contribution in [0.25, 0.3) is 0 Å². The van der Waals surface area contributed by atoms with Gasteiger partial charge in [-0.2, -0.15) is 12.6 Å². The van der Waals surface area contributed by atoms with Crippen LogP contribution in [0.4, 0.5) is 0 Å². The second-order valence-corrected chi connectivity index (χ2v) is 18.1. The van der Waals surface area contributed by atoms with Crippen molar-refractivity contribution < 1.29 is 38.6 Å². The van der Waals surface area contributed by atoms with Gasteiger partial charge >= 0.3 is 5.97 Å². The van der Waals surface area contributed by atoms with Gasteiger partial charge < -0.3 is 40.3 Å². The van der Waals surface area contributed by atoms with Gasteiger partial charge in [0.05, 0.1) is 36.6 Å². The summed E-state index contributed by atoms with van der Waals surface area (Å²) >= 11 is 4.29. The van der Waals surface area contributed by atoms with Gasteiger partial charge in [-0.3, -0.25) is 19.2 Å². The number of nitrogens with one attached hydrogen (secondary N) is 3. The molecule has 2 fully saturated rings. The molecular formula is C46H77N5O8S. The number of nitrogens with zero attached hydrogens (tertiary/aromatic N) is 2. The molecule has 0 spiro atoms. The molecule has 10 atom stereocenters. The van der Waals surface area contributed by atoms with Gasteiger partial charge in [-0.05, 0) is 80.6 Å². The van der Waals surface area contributed by atoms with Crippen LogP contribution in [0.5, 0.6) is 0 Å². The average molecular weight is 860 g/mol. The minimum Gasteiger partial charge on any atom is -0.480 e. The molecule has 1 unspecified atom stereocenters. The molecule has 1 aliphatic carbocycles. The second-order valence-electron chi connectivity index (χ2n) is 17.6. The number of hydrogen-bond donors (Lipinski definition) is 5. The summed E-state index contributed by atoms with van der Waals surface area (Å²) in [5, 5.41) is 19.4. The van der Waals surface area contributed by atoms with Crippen LogP contribution < -0.4 is 16.0 Å². The van der Waals surface area contributed by atoms with E-state index in [2.05, 4.69) is 28.6 Å². The van der Waals surface area contributed by atoms with Crippen LogP contribution in [-0.4, -0.2) is 127 Å². The summed E-state index contributed by atoms with van der Waals surface area (Å²) < 4.78 is 11.9. The van der Waals surface area contributed by atoms with E-state index in [1.165, 1.54) is 20.0 Å². The highest BCUT2D eigenvalue weighted by atomic mass is 32.1. The molecule has 1 aromatic carbocycles. The predicted molar refractivity (Wildman–Crippen MR) is 239 cm³/mol. The predicted octanol–water partition coefficient (Wildman–Crippen LogP) is 5.50. The largest absolute Gasteiger partial charge is 0.480 e. The summed E-state index contributed by atoms with van der Waals surface area (Å²) in [7, 11) is 4.80. The molecule has 1 aromatic rings. The van der Waals surface area contributed by atoms with E-state index in [-0.39, 0.29) is 48.3 Å². The summed E-state index contributed by atoms with van der Waals surface area (Å²) in [6, 6.07) is 6.81. The van der Waals surface area contributed by atoms with Crippen molar-refractivity contribution in [3.05, 3.63) is 35.9 Å². The zero-order chi connectivity index (χ0) is 44.4. The number of likely N-dealkylation sites (tertiary alicyclic amines) is 1. The summed E-state index contributed by atoms with van der Waals surface area (Å²) in [5.74, 6) is -1.84. The molecule has 60 heavy (non-hydrogen) atoms. The first kappa shape index (κ1) is 51.2. The highest BCUT2D eigenvalue weighted by molar-refractivity contribution is 7.80. The number of thiol groups is 1. The lowest BCUT2D eigenvalue weighted by Gasteiger charge is -2.41. The van der Waals surface area contributed by atoms with Gasteiger partial charge in [0.25, 0.3) is 0 Å². The van der Waals surface area contributed by atoms with Crippen molar-refractivity contribution >= 4 is 42.2 Å². The van der Waals surface area contributed by atoms with Crippen LogP contribution in [0, 0.1) is 23.7 Å². The molecule has 0 bridgehead atoms. The van der Waals surface area contributed by atoms with Crippen LogP contribution in [-0.2, 0) is 39.9 Å². The number of hydrogen-bond acceptors (Lipinski definition) is 9. The topological polar surface area (TPSA) is 167 Å². The molecule has 13 nitrogen and oxygen atoms in total. The van der Waals surface area contributed by atoms with Gasteiger partial charge in [0.1, 0.15) is 12.1 Å². The van der Waals surface area contributed by atoms with Crippen molar-refractivity contribution in [2.75, 3.05) is 40.1 Å². The third kappa shape index (κ3) is 15.3. The Morgan fingerprint density at radius 2 is 1.65 bits per heavy atom. The monoisotopic (exact) mass is 860 g/mol. The first-order valence-corrected chi connectivity index (χ1v) is 23.1. The van der Waals surface area contributed by atoms with Crippen molar-refractivity contribution in [2.24, 2.45) is 23.7 Å². The minimum absolute atomic E-state index is 0.0000484. The van der Waals surface area contributed by atoms with Gasteiger partial charge in [-0.25, -0.2) is 4.79 Å². The lowest BCUT2D eigenvalue weighted by Crippen LogP contribution is -2.58. The highest BCUT2D eigenvalue weighted by Crippen LogP contribution is 2.31. The third-order valence-corrected chi connectivity index (χ3v) is 13.3. The van der Waals surface area contributed by atoms with Gasteiger partial charge in [0.15, 0.2) is 0 Å². The Labute approximate surface area is 365 Å². The first-order chi connectivity index (χ1) is 28.7. The Bertz CT molecular complexity index is 1490. The number of rotatable bonds is 27. The molecule has 4 N–H and O–H groups in total. The SMILES string of the molecule is CC[C@H](C)[C@@H]([C@@H](CC(=O)N1CCC[C@H]1[C@H](OC)[C@@H](C)C(=O)N[C@@H](Cc1ccccc1)C(=O)O)OC)N(C)C(=O)[C@@H](NC(=O)CC1CC[C@H](NCCCCCCS)C1)C(C)C. The molecule has 1 aliphatic heterocycles. The Hall–Kier alpha value is -3.20. The van der Waals surface area contributed by atoms with Gasteiger partial charge in [0.2, 0.25) is 23.6 Å². The molecule has 14 heteroatoms. The van der Waals surface area contributed by atoms with Crippen molar-refractivity contribution in [1.82, 2.24) is 25.8 Å². The molecule has 4 amide bonds. The fourth-order valence-electron chi connectivity index (χ4n) is 9.23. The average Bonchev–Trinajstić information content (AvgIpc) is 3.90. The molecule has 3 rings (SSSR count). The maximum absolute atomic E-state index is 14.3. The van der Waals surface area contributed by atoms with Crippen molar-refractivity contribution in [1.29, 1.82) is 0 Å². The van der Waals surface area contributed by atoms with Crippen LogP contribution in [0.15, 0.2) is 30.3 Å². The number of likely N-dealkylation sites (N-methyl/N-ethyl adjacent to an activating group) is 1. The number of ether oxygens (including phenoxy) is 2. The van der Waals surface area contributed by atoms with Gasteiger partial charge in [-0.1, -0.05) is 84.2 Å². The number of methoxy groups -OCH3 is 2. The second kappa shape index (κ2) is 26.3. The Balaban J connectivity index is 1.65. The zero-order valence-electron chi connectivity index (χ0n) is 37.7. The van der Waals surface area contributed by atoms with Crippen molar-refractivity contribution in [3.8, 4) is 0 Å². The normalized spacial score (nSPS) is 21.4. The first-order valence-electron chi connectivity index (χ1n) is 22.5. The number of aliphatic carboxylic acids is 1. The van der Waals surface area contributed by atoms with Gasteiger partial charge in [0, 0.05) is 46.7 Å². The summed E-state index contributed by atoms with van der Waals surface area (Å²) in [6.45, 7) is 11.1. The van der Waals surface area contributed by atoms with Crippen LogP contribution in [0.3, 0.4) is 0 Å². The van der Waals surface area contributed by atoms with E-state index in [0.717, 1.165) is 56.4 Å². The van der Waals surface area contributed by atoms with Crippen LogP contribution in [0.2, 0.25) is 0 Å². The Kier molecular flexibility index (Phi) is 22.4. The standard InChI is InChI=1S/C46H77N5O8S/c1-9-31(4)42(50(6)45(55)41(30(2)3)49-39(52)28-34-21-22-35(26-34)47-23-15-10-11-16-25-60)38(58-7)29-40(53)51-24-17-20-37(51)43(59-8)32(5)44(54)48-36(46(56)57)27-33-18-13-12-14-19-33/h12-14,18-19,30-32,34-38,41-43,47,60H,9-11,15-17,20-29H2,1-8H3,(H,48,54)(H,49,52)(H,56,57)/t31-,32+,34?,35-,36-,37-,38+,41-,42-,43+/m0/s1. The molecule has 1 saturated heterocycles. The van der Waals surface area contributed by atoms with Crippen molar-refractivity contribution in [3.63, 3.8) is 0 Å². The molecule has 0 aromatic heterocycles. The lowest BCUT2D eigenvalue weighted by molar-refractivity contribution is -0.148. The maximum Gasteiger partial charge on any atom is 0.326 e. The number of carbonyl (C=O) groups is 5. The van der Waals surface area contributed by atoms with Gasteiger partial charge in [-0.15, -0.1) is 0 Å². The molecule has 2 aliphatic rings. The quantitative estimate of drug-likeness (QED) is 0.0568. The van der Waals surface area contributed by atoms with Crippen molar-refractivity contribution in [2.45, 2.75) is 161 Å². The van der Waals surface area contributed by atoms with E-state index < -0.39 is 54.2 Å². The molecular weight excluding hydrogens is 783 g/mol. The van der Waals surface area contributed by atoms with Crippen LogP contribution in [0.1, 0.15) is 117 Å². The van der Waals surface area contributed by atoms with E-state index in [9.17, 15) is 29.1 Å². The minimum atomic E-state index is -1.13. The highest BCUT2D eigenvalue weighted by Gasteiger charge is 2.43. The third-order valence-electron chi connectivity index (χ3n) is 12.9. The molecule has 1 heterocycles. The molecule has 0 radical (unpaired) electrons. The number of carboxylic acids is 1. The number of carboxylic acid groups (broad SMARTS) is 1. The fraction of sp³-hybridized carbons (Fsp3) is 0.761. The molecule has 1 saturated carbocycles. The summed E-state index contributed by atoms with van der Waals surface area (Å²) in [4.78, 5) is 71.1. The summed E-state index contributed by atoms with van der Waals surface area (Å²) in [6.07, 6.45) is 8.96. The number of carbonyl (C=O) groups excluding carboxylic acids is 4. The number of amides is 4. The fourth-order valence-corrected chi connectivity index (χ4v) is 9.45. The zero-order valence-corrected chi connectivity index (χ0v) is 38.6.